The van der Waals surface area contributed by atoms with Crippen LogP contribution in [0.2, 0.25) is 0 Å². The Morgan fingerprint density at radius 3 is 2.41 bits per heavy atom. The molecule has 0 aliphatic carbocycles. The van der Waals surface area contributed by atoms with Crippen molar-refractivity contribution in [3.8, 4) is 16.9 Å². The number of nitrogens with zero attached hydrogens (tertiary/aromatic N) is 2. The number of carboxylic acids is 1. The van der Waals surface area contributed by atoms with E-state index in [2.05, 4.69) is 0 Å². The minimum atomic E-state index is -4.13. The van der Waals surface area contributed by atoms with Gasteiger partial charge in [-0.25, -0.2) is 9.80 Å². The van der Waals surface area contributed by atoms with Gasteiger partial charge in [0.2, 0.25) is 5.91 Å². The van der Waals surface area contributed by atoms with Crippen LogP contribution < -0.4 is 9.32 Å². The van der Waals surface area contributed by atoms with Crippen LogP contribution in [0.25, 0.3) is 11.1 Å². The molecular weight excluding hydrogens is 522 g/mol. The van der Waals surface area contributed by atoms with E-state index in [-0.39, 0.29) is 29.4 Å². The molecule has 11 heteroatoms. The van der Waals surface area contributed by atoms with Crippen LogP contribution in [0.15, 0.2) is 66.7 Å². The monoisotopic (exact) mass is 551 g/mol. The maximum absolute atomic E-state index is 13.1. The van der Waals surface area contributed by atoms with Crippen molar-refractivity contribution >= 4 is 28.0 Å². The van der Waals surface area contributed by atoms with Gasteiger partial charge in [-0.15, -0.1) is 0 Å². The number of hydrogen-bond donors (Lipinski definition) is 2. The number of carbonyl (C=O) groups is 3. The average Bonchev–Trinajstić information content (AvgIpc) is 3.24. The van der Waals surface area contributed by atoms with Crippen molar-refractivity contribution in [2.75, 3.05) is 19.6 Å². The third kappa shape index (κ3) is 7.29. The number of hydrogen-bond acceptors (Lipinski definition) is 7. The standard InChI is InChI=1S/C28H29N3O7S/c1-19-17-24(38-39(29,36)37)9-10-25(19)22-3-2-4-23(18-22)26(32)12-14-30-15-13-27(33)31(30)16-11-20-5-7-21(8-6-20)28(34)35/h2-10,17-18H,11-16H2,1H3,(H,34,35)(H2,29,36,37). The molecule has 1 aliphatic heterocycles. The zero-order chi connectivity index (χ0) is 28.2. The molecule has 1 fully saturated rings. The van der Waals surface area contributed by atoms with Crippen molar-refractivity contribution in [3.63, 3.8) is 0 Å². The highest BCUT2D eigenvalue weighted by Crippen LogP contribution is 2.28. The minimum absolute atomic E-state index is 0.00283. The number of aryl methyl sites for hydroxylation is 1. The molecule has 1 amide bonds. The molecule has 0 radical (unpaired) electrons. The lowest BCUT2D eigenvalue weighted by Crippen LogP contribution is -2.41. The number of aromatic carboxylic acids is 1. The van der Waals surface area contributed by atoms with Gasteiger partial charge in [-0.3, -0.25) is 14.6 Å². The highest BCUT2D eigenvalue weighted by molar-refractivity contribution is 7.84. The Labute approximate surface area is 226 Å². The fourth-order valence-corrected chi connectivity index (χ4v) is 4.93. The molecule has 3 aromatic carbocycles. The second kappa shape index (κ2) is 11.8. The van der Waals surface area contributed by atoms with Gasteiger partial charge in [-0.2, -0.15) is 13.6 Å². The number of Topliss-reactive ketones (excluding diaryl/α,β-unsaturated/α-hetero) is 1. The van der Waals surface area contributed by atoms with Crippen LogP contribution in [-0.4, -0.2) is 60.8 Å². The van der Waals surface area contributed by atoms with Crippen molar-refractivity contribution in [3.05, 3.63) is 89.0 Å². The number of amides is 1. The molecule has 1 aliphatic rings. The summed E-state index contributed by atoms with van der Waals surface area (Å²) in [4.78, 5) is 36.6. The quantitative estimate of drug-likeness (QED) is 0.345. The van der Waals surface area contributed by atoms with E-state index in [1.54, 1.807) is 66.5 Å². The van der Waals surface area contributed by atoms with Gasteiger partial charge in [0.25, 0.3) is 0 Å². The number of carboxylic acid groups (broad SMARTS) is 1. The van der Waals surface area contributed by atoms with Crippen molar-refractivity contribution in [2.24, 2.45) is 5.14 Å². The molecule has 0 unspecified atom stereocenters. The third-order valence-electron chi connectivity index (χ3n) is 6.53. The molecule has 0 saturated carbocycles. The van der Waals surface area contributed by atoms with Gasteiger partial charge in [0.05, 0.1) is 5.56 Å². The first-order chi connectivity index (χ1) is 18.5. The summed E-state index contributed by atoms with van der Waals surface area (Å²) in [6.45, 7) is 3.18. The van der Waals surface area contributed by atoms with Gasteiger partial charge in [0.1, 0.15) is 5.75 Å². The van der Waals surface area contributed by atoms with Crippen molar-refractivity contribution < 1.29 is 32.1 Å². The van der Waals surface area contributed by atoms with Crippen molar-refractivity contribution in [1.29, 1.82) is 0 Å². The van der Waals surface area contributed by atoms with Gasteiger partial charge in [-0.1, -0.05) is 36.4 Å². The number of ketones is 1. The van der Waals surface area contributed by atoms with E-state index in [1.165, 1.54) is 6.07 Å². The lowest BCUT2D eigenvalue weighted by Gasteiger charge is -2.28. The van der Waals surface area contributed by atoms with Crippen LogP contribution in [0.5, 0.6) is 5.75 Å². The van der Waals surface area contributed by atoms with Crippen LogP contribution in [0.1, 0.15) is 44.7 Å². The van der Waals surface area contributed by atoms with Gasteiger partial charge >= 0.3 is 16.3 Å². The molecule has 10 nitrogen and oxygen atoms in total. The van der Waals surface area contributed by atoms with Gasteiger partial charge in [-0.05, 0) is 65.9 Å². The van der Waals surface area contributed by atoms with Crippen LogP contribution in [0, 0.1) is 6.92 Å². The molecule has 3 aromatic rings. The minimum Gasteiger partial charge on any atom is -0.478 e. The average molecular weight is 552 g/mol. The van der Waals surface area contributed by atoms with Crippen LogP contribution in [0.3, 0.4) is 0 Å². The lowest BCUT2D eigenvalue weighted by atomic mass is 9.97. The molecule has 3 N–H and O–H groups in total. The van der Waals surface area contributed by atoms with Gasteiger partial charge < -0.3 is 9.29 Å². The molecule has 204 valence electrons. The van der Waals surface area contributed by atoms with Gasteiger partial charge in [0.15, 0.2) is 5.78 Å². The molecule has 0 spiro atoms. The van der Waals surface area contributed by atoms with E-state index in [0.29, 0.717) is 38.0 Å². The van der Waals surface area contributed by atoms with E-state index in [0.717, 1.165) is 22.3 Å². The normalized spacial score (nSPS) is 14.0. The largest absolute Gasteiger partial charge is 0.478 e. The van der Waals surface area contributed by atoms with E-state index in [1.807, 2.05) is 11.1 Å². The highest BCUT2D eigenvalue weighted by atomic mass is 32.2. The Hall–Kier alpha value is -4.06. The Balaban J connectivity index is 1.38. The summed E-state index contributed by atoms with van der Waals surface area (Å²) in [5, 5.41) is 17.5. The van der Waals surface area contributed by atoms with Crippen LogP contribution >= 0.6 is 0 Å². The Morgan fingerprint density at radius 2 is 1.74 bits per heavy atom. The van der Waals surface area contributed by atoms with Crippen LogP contribution in [-0.2, 0) is 21.5 Å². The summed E-state index contributed by atoms with van der Waals surface area (Å²) >= 11 is 0. The molecule has 0 atom stereocenters. The molecule has 1 heterocycles. The number of carbonyl (C=O) groups excluding carboxylic acids is 2. The zero-order valence-corrected chi connectivity index (χ0v) is 22.2. The summed E-state index contributed by atoms with van der Waals surface area (Å²) in [5.41, 5.74) is 4.04. The molecule has 0 bridgehead atoms. The zero-order valence-electron chi connectivity index (χ0n) is 21.4. The first kappa shape index (κ1) is 28.0. The summed E-state index contributed by atoms with van der Waals surface area (Å²) in [7, 11) is -4.13. The van der Waals surface area contributed by atoms with Gasteiger partial charge in [0, 0.05) is 38.0 Å². The third-order valence-corrected chi connectivity index (χ3v) is 6.95. The maximum Gasteiger partial charge on any atom is 0.380 e. The molecular formula is C28H29N3O7S. The van der Waals surface area contributed by atoms with Crippen LogP contribution in [0.4, 0.5) is 0 Å². The molecule has 39 heavy (non-hydrogen) atoms. The summed E-state index contributed by atoms with van der Waals surface area (Å²) in [6.07, 6.45) is 1.17. The van der Waals surface area contributed by atoms with E-state index >= 15 is 0 Å². The number of hydrazine groups is 1. The Bertz CT molecular complexity index is 1500. The highest BCUT2D eigenvalue weighted by Gasteiger charge is 2.28. The smallest absolute Gasteiger partial charge is 0.380 e. The Kier molecular flexibility index (Phi) is 8.44. The Morgan fingerprint density at radius 1 is 1.00 bits per heavy atom. The SMILES string of the molecule is Cc1cc(OS(N)(=O)=O)ccc1-c1cccc(C(=O)CCN2CCC(=O)N2CCc2ccc(C(=O)O)cc2)c1. The number of benzene rings is 3. The number of nitrogens with two attached hydrogens (primary N) is 1. The summed E-state index contributed by atoms with van der Waals surface area (Å²) in [6, 6.07) is 18.5. The fourth-order valence-electron chi connectivity index (χ4n) is 4.56. The maximum atomic E-state index is 13.1. The predicted octanol–water partition coefficient (Wildman–Crippen LogP) is 3.21. The van der Waals surface area contributed by atoms with E-state index in [9.17, 15) is 22.8 Å². The topological polar surface area (TPSA) is 147 Å². The number of rotatable bonds is 11. The molecule has 0 aromatic heterocycles. The van der Waals surface area contributed by atoms with E-state index < -0.39 is 16.3 Å². The predicted molar refractivity (Wildman–Crippen MR) is 144 cm³/mol. The summed E-state index contributed by atoms with van der Waals surface area (Å²) in [5.74, 6) is -0.947. The van der Waals surface area contributed by atoms with Crippen molar-refractivity contribution in [2.45, 2.75) is 26.2 Å². The lowest BCUT2D eigenvalue weighted by molar-refractivity contribution is -0.137. The molecule has 1 saturated heterocycles. The first-order valence-corrected chi connectivity index (χ1v) is 13.8. The van der Waals surface area contributed by atoms with E-state index in [4.69, 9.17) is 14.4 Å². The molecule has 4 rings (SSSR count). The first-order valence-electron chi connectivity index (χ1n) is 12.3. The second-order valence-corrected chi connectivity index (χ2v) is 10.4. The summed E-state index contributed by atoms with van der Waals surface area (Å²) < 4.78 is 27.1. The van der Waals surface area contributed by atoms with Crippen molar-refractivity contribution in [1.82, 2.24) is 10.0 Å². The second-order valence-electron chi connectivity index (χ2n) is 9.28. The fraction of sp³-hybridized carbons (Fsp3) is 0.250.